The molecule has 0 aliphatic heterocycles. The van der Waals surface area contributed by atoms with Gasteiger partial charge in [0.1, 0.15) is 5.70 Å². The first-order valence-electron chi connectivity index (χ1n) is 12.5. The van der Waals surface area contributed by atoms with Crippen molar-refractivity contribution in [3.8, 4) is 0 Å². The van der Waals surface area contributed by atoms with Gasteiger partial charge in [-0.05, 0) is 66.8 Å². The zero-order chi connectivity index (χ0) is 29.2. The number of thioether (sulfide) groups is 2. The molecule has 3 amide bonds. The molecule has 0 saturated heterocycles. The number of hydrogen-bond donors (Lipinski definition) is 3. The van der Waals surface area contributed by atoms with Gasteiger partial charge in [0.2, 0.25) is 16.2 Å². The molecule has 0 aliphatic carbocycles. The van der Waals surface area contributed by atoms with Crippen molar-refractivity contribution in [2.45, 2.75) is 29.1 Å². The fourth-order valence-electron chi connectivity index (χ4n) is 3.46. The normalized spacial score (nSPS) is 11.9. The largest absolute Gasteiger partial charge is 0.321 e. The smallest absolute Gasteiger partial charge is 0.272 e. The molecule has 4 rings (SSSR count). The number of carbonyl (C=O) groups excluding carboxylic acids is 3. The lowest BCUT2D eigenvalue weighted by molar-refractivity contribution is -0.115. The SMILES string of the molecule is CCSc1nsc(NC(=O)C(C)Sc2cccc(NC(=O)/C(=C/c3cccc(Cl)c3)NC(=O)c3ccccc3)c2)n1. The molecule has 0 radical (unpaired) electrons. The van der Waals surface area contributed by atoms with Crippen molar-refractivity contribution in [1.29, 1.82) is 0 Å². The number of carbonyl (C=O) groups is 3. The van der Waals surface area contributed by atoms with Crippen LogP contribution in [0.3, 0.4) is 0 Å². The third-order valence-electron chi connectivity index (χ3n) is 5.37. The molecule has 0 saturated carbocycles. The fraction of sp³-hybridized carbons (Fsp3) is 0.138. The van der Waals surface area contributed by atoms with Crippen LogP contribution in [-0.2, 0) is 9.59 Å². The second-order valence-corrected chi connectivity index (χ2v) is 12.3. The summed E-state index contributed by atoms with van der Waals surface area (Å²) in [4.78, 5) is 44.0. The maximum Gasteiger partial charge on any atom is 0.272 e. The highest BCUT2D eigenvalue weighted by atomic mass is 35.5. The van der Waals surface area contributed by atoms with E-state index in [0.717, 1.165) is 22.2 Å². The van der Waals surface area contributed by atoms with Crippen LogP contribution in [0.15, 0.2) is 94.6 Å². The Morgan fingerprint density at radius 2 is 1.78 bits per heavy atom. The number of aromatic nitrogens is 2. The van der Waals surface area contributed by atoms with E-state index in [0.29, 0.717) is 32.1 Å². The van der Waals surface area contributed by atoms with Crippen LogP contribution in [-0.4, -0.2) is 38.1 Å². The molecule has 0 aliphatic rings. The quantitative estimate of drug-likeness (QED) is 0.124. The van der Waals surface area contributed by atoms with Gasteiger partial charge in [-0.25, -0.2) is 0 Å². The summed E-state index contributed by atoms with van der Waals surface area (Å²) in [5, 5.41) is 9.52. The Morgan fingerprint density at radius 1 is 1.00 bits per heavy atom. The van der Waals surface area contributed by atoms with Crippen molar-refractivity contribution in [2.24, 2.45) is 0 Å². The van der Waals surface area contributed by atoms with Gasteiger partial charge in [0.15, 0.2) is 0 Å². The van der Waals surface area contributed by atoms with Gasteiger partial charge < -0.3 is 10.6 Å². The summed E-state index contributed by atoms with van der Waals surface area (Å²) in [5.41, 5.74) is 1.61. The van der Waals surface area contributed by atoms with Crippen LogP contribution < -0.4 is 16.0 Å². The molecule has 0 spiro atoms. The van der Waals surface area contributed by atoms with Crippen LogP contribution in [0.25, 0.3) is 6.08 Å². The third-order valence-corrected chi connectivity index (χ3v) is 8.18. The van der Waals surface area contributed by atoms with Crippen molar-refractivity contribution in [3.05, 3.63) is 101 Å². The van der Waals surface area contributed by atoms with Crippen molar-refractivity contribution in [2.75, 3.05) is 16.4 Å². The van der Waals surface area contributed by atoms with Gasteiger partial charge in [-0.15, -0.1) is 11.8 Å². The number of hydrogen-bond acceptors (Lipinski definition) is 8. The first kappa shape index (κ1) is 30.3. The van der Waals surface area contributed by atoms with Crippen molar-refractivity contribution in [1.82, 2.24) is 14.7 Å². The van der Waals surface area contributed by atoms with Crippen LogP contribution in [0.5, 0.6) is 0 Å². The predicted octanol–water partition coefficient (Wildman–Crippen LogP) is 6.83. The van der Waals surface area contributed by atoms with Crippen molar-refractivity contribution < 1.29 is 14.4 Å². The Balaban J connectivity index is 1.45. The van der Waals surface area contributed by atoms with Crippen LogP contribution >= 0.6 is 46.7 Å². The maximum absolute atomic E-state index is 13.4. The van der Waals surface area contributed by atoms with Crippen molar-refractivity contribution >= 4 is 81.3 Å². The summed E-state index contributed by atoms with van der Waals surface area (Å²) in [6.45, 7) is 3.80. The summed E-state index contributed by atoms with van der Waals surface area (Å²) >= 11 is 10.1. The number of benzene rings is 3. The highest BCUT2D eigenvalue weighted by Crippen LogP contribution is 2.28. The average molecular weight is 624 g/mol. The molecule has 3 aromatic carbocycles. The lowest BCUT2D eigenvalue weighted by Crippen LogP contribution is -2.30. The first-order chi connectivity index (χ1) is 19.8. The molecule has 210 valence electrons. The molecule has 1 unspecified atom stereocenters. The van der Waals surface area contributed by atoms with Crippen LogP contribution in [0.2, 0.25) is 5.02 Å². The van der Waals surface area contributed by atoms with Gasteiger partial charge in [-0.2, -0.15) is 9.36 Å². The predicted molar refractivity (Wildman–Crippen MR) is 169 cm³/mol. The molecule has 3 N–H and O–H groups in total. The Kier molecular flexibility index (Phi) is 11.0. The molecule has 1 heterocycles. The maximum atomic E-state index is 13.4. The van der Waals surface area contributed by atoms with Gasteiger partial charge in [0, 0.05) is 32.7 Å². The summed E-state index contributed by atoms with van der Waals surface area (Å²) < 4.78 is 4.22. The van der Waals surface area contributed by atoms with Gasteiger partial charge in [-0.1, -0.05) is 66.7 Å². The standard InChI is InChI=1S/C29H26ClN5O3S3/c1-3-39-29-34-28(41-35-29)33-25(36)18(2)40-23-14-8-13-22(17-23)31-27(38)24(16-19-9-7-12-21(30)15-19)32-26(37)20-10-5-4-6-11-20/h4-18H,3H2,1-2H3,(H,31,38)(H,32,37)(H,33,34,35,36)/b24-16-. The lowest BCUT2D eigenvalue weighted by Gasteiger charge is -2.13. The third kappa shape index (κ3) is 9.19. The summed E-state index contributed by atoms with van der Waals surface area (Å²) in [6.07, 6.45) is 1.56. The summed E-state index contributed by atoms with van der Waals surface area (Å²) in [5.74, 6) is -0.294. The van der Waals surface area contributed by atoms with E-state index in [-0.39, 0.29) is 11.6 Å². The molecule has 8 nitrogen and oxygen atoms in total. The second-order valence-electron chi connectivity index (χ2n) is 8.48. The zero-order valence-electron chi connectivity index (χ0n) is 22.1. The van der Waals surface area contributed by atoms with E-state index in [1.54, 1.807) is 85.8 Å². The minimum absolute atomic E-state index is 0.0459. The Bertz CT molecular complexity index is 1560. The minimum Gasteiger partial charge on any atom is -0.321 e. The van der Waals surface area contributed by atoms with E-state index in [2.05, 4.69) is 25.3 Å². The Labute approximate surface area is 255 Å². The van der Waals surface area contributed by atoms with Gasteiger partial charge in [-0.3, -0.25) is 19.7 Å². The lowest BCUT2D eigenvalue weighted by atomic mass is 10.1. The number of amides is 3. The van der Waals surface area contributed by atoms with Crippen LogP contribution in [0.4, 0.5) is 10.8 Å². The minimum atomic E-state index is -0.515. The first-order valence-corrected chi connectivity index (χ1v) is 15.5. The van der Waals surface area contributed by atoms with Gasteiger partial charge >= 0.3 is 0 Å². The van der Waals surface area contributed by atoms with Crippen LogP contribution in [0, 0.1) is 0 Å². The number of nitrogens with zero attached hydrogens (tertiary/aromatic N) is 2. The zero-order valence-corrected chi connectivity index (χ0v) is 25.3. The van der Waals surface area contributed by atoms with Gasteiger partial charge in [0.25, 0.3) is 11.8 Å². The Morgan fingerprint density at radius 3 is 2.54 bits per heavy atom. The number of nitrogens with one attached hydrogen (secondary N) is 3. The average Bonchev–Trinajstić information content (AvgIpc) is 3.40. The van der Waals surface area contributed by atoms with E-state index in [4.69, 9.17) is 11.6 Å². The highest BCUT2D eigenvalue weighted by molar-refractivity contribution is 8.00. The van der Waals surface area contributed by atoms with E-state index in [9.17, 15) is 14.4 Å². The van der Waals surface area contributed by atoms with Crippen LogP contribution in [0.1, 0.15) is 29.8 Å². The van der Waals surface area contributed by atoms with Gasteiger partial charge in [0.05, 0.1) is 5.25 Å². The molecule has 0 fully saturated rings. The molecular weight excluding hydrogens is 598 g/mol. The highest BCUT2D eigenvalue weighted by Gasteiger charge is 2.18. The van der Waals surface area contributed by atoms with E-state index in [1.165, 1.54) is 23.5 Å². The molecule has 41 heavy (non-hydrogen) atoms. The molecule has 1 atom stereocenters. The summed E-state index contributed by atoms with van der Waals surface area (Å²) in [7, 11) is 0. The molecular formula is C29H26ClN5O3S3. The molecule has 4 aromatic rings. The fourth-order valence-corrected chi connectivity index (χ4v) is 5.86. The van der Waals surface area contributed by atoms with E-state index in [1.807, 2.05) is 13.0 Å². The number of rotatable bonds is 11. The Hall–Kier alpha value is -3.64. The number of anilines is 2. The number of halogens is 1. The molecule has 12 heteroatoms. The van der Waals surface area contributed by atoms with E-state index >= 15 is 0 Å². The summed E-state index contributed by atoms with van der Waals surface area (Å²) in [6, 6.07) is 22.7. The molecule has 0 bridgehead atoms. The van der Waals surface area contributed by atoms with Crippen molar-refractivity contribution in [3.63, 3.8) is 0 Å². The monoisotopic (exact) mass is 623 g/mol. The molecule has 1 aromatic heterocycles. The van der Waals surface area contributed by atoms with E-state index < -0.39 is 17.1 Å². The topological polar surface area (TPSA) is 113 Å². The second kappa shape index (κ2) is 14.8.